The van der Waals surface area contributed by atoms with Gasteiger partial charge in [-0.3, -0.25) is 4.79 Å². The molecule has 0 radical (unpaired) electrons. The molecule has 0 unspecified atom stereocenters. The van der Waals surface area contributed by atoms with E-state index < -0.39 is 0 Å². The van der Waals surface area contributed by atoms with Crippen LogP contribution in [0.1, 0.15) is 10.4 Å². The number of methoxy groups -OCH3 is 3. The van der Waals surface area contributed by atoms with Crippen LogP contribution in [0.5, 0.6) is 17.2 Å². The van der Waals surface area contributed by atoms with Crippen molar-refractivity contribution in [2.24, 2.45) is 0 Å². The minimum Gasteiger partial charge on any atom is -0.493 e. The number of halogens is 1. The van der Waals surface area contributed by atoms with Gasteiger partial charge in [-0.05, 0) is 34.1 Å². The molecule has 130 valence electrons. The van der Waals surface area contributed by atoms with E-state index in [1.54, 1.807) is 12.3 Å². The Labute approximate surface area is 152 Å². The second-order valence-electron chi connectivity index (χ2n) is 5.05. The second-order valence-corrected chi connectivity index (χ2v) is 5.85. The van der Waals surface area contributed by atoms with E-state index in [-0.39, 0.29) is 5.91 Å². The number of aromatic nitrogens is 2. The summed E-state index contributed by atoms with van der Waals surface area (Å²) in [5.41, 5.74) is 1.08. The Morgan fingerprint density at radius 2 is 1.92 bits per heavy atom. The number of carbonyl (C=O) groups is 1. The van der Waals surface area contributed by atoms with Gasteiger partial charge in [0.1, 0.15) is 5.65 Å². The lowest BCUT2D eigenvalue weighted by molar-refractivity contribution is 0.102. The molecule has 1 N–H and O–H groups in total. The molecule has 0 aliphatic heterocycles. The number of fused-ring (bicyclic) bond motifs is 1. The normalized spacial score (nSPS) is 10.6. The maximum atomic E-state index is 12.7. The molecule has 0 aliphatic carbocycles. The lowest BCUT2D eigenvalue weighted by atomic mass is 10.1. The molecule has 25 heavy (non-hydrogen) atoms. The molecule has 0 fully saturated rings. The van der Waals surface area contributed by atoms with Crippen molar-refractivity contribution in [3.8, 4) is 17.2 Å². The molecule has 0 aliphatic rings. The summed E-state index contributed by atoms with van der Waals surface area (Å²) < 4.78 is 18.2. The number of nitrogens with one attached hydrogen (secondary N) is 1. The van der Waals surface area contributed by atoms with Crippen molar-refractivity contribution in [1.29, 1.82) is 0 Å². The van der Waals surface area contributed by atoms with Crippen LogP contribution in [0.2, 0.25) is 0 Å². The number of rotatable bonds is 5. The first-order valence-electron chi connectivity index (χ1n) is 7.32. The molecular formula is C17H16BrN3O4. The fourth-order valence-corrected chi connectivity index (χ4v) is 3.10. The first-order chi connectivity index (χ1) is 12.1. The van der Waals surface area contributed by atoms with Gasteiger partial charge in [-0.1, -0.05) is 6.07 Å². The van der Waals surface area contributed by atoms with E-state index in [9.17, 15) is 4.79 Å². The summed E-state index contributed by atoms with van der Waals surface area (Å²) in [5.74, 6) is 1.26. The van der Waals surface area contributed by atoms with Gasteiger partial charge in [-0.15, -0.1) is 0 Å². The summed E-state index contributed by atoms with van der Waals surface area (Å²) in [6.07, 6.45) is 3.59. The molecule has 1 aromatic carbocycles. The second kappa shape index (κ2) is 7.02. The number of amides is 1. The summed E-state index contributed by atoms with van der Waals surface area (Å²) in [6.45, 7) is 0. The van der Waals surface area contributed by atoms with Gasteiger partial charge in [0, 0.05) is 6.20 Å². The molecule has 0 spiro atoms. The fraction of sp³-hybridized carbons (Fsp3) is 0.176. The van der Waals surface area contributed by atoms with Gasteiger partial charge < -0.3 is 23.9 Å². The van der Waals surface area contributed by atoms with Gasteiger partial charge in [0.25, 0.3) is 5.91 Å². The highest BCUT2D eigenvalue weighted by Gasteiger charge is 2.23. The Bertz CT molecular complexity index is 906. The van der Waals surface area contributed by atoms with Crippen molar-refractivity contribution < 1.29 is 19.0 Å². The maximum absolute atomic E-state index is 12.7. The minimum absolute atomic E-state index is 0.339. The van der Waals surface area contributed by atoms with Crippen molar-refractivity contribution in [3.05, 3.63) is 46.7 Å². The third-order valence-corrected chi connectivity index (χ3v) is 4.41. The smallest absolute Gasteiger partial charge is 0.258 e. The summed E-state index contributed by atoms with van der Waals surface area (Å²) in [5, 5.41) is 2.78. The zero-order valence-electron chi connectivity index (χ0n) is 13.9. The lowest BCUT2D eigenvalue weighted by Crippen LogP contribution is -2.14. The number of nitrogens with zero attached hydrogens (tertiary/aromatic N) is 2. The number of carbonyl (C=O) groups excluding carboxylic acids is 1. The van der Waals surface area contributed by atoms with Crippen LogP contribution in [0.4, 0.5) is 5.82 Å². The van der Waals surface area contributed by atoms with Crippen LogP contribution in [0.15, 0.2) is 41.1 Å². The Kier molecular flexibility index (Phi) is 4.80. The van der Waals surface area contributed by atoms with E-state index in [1.807, 2.05) is 28.8 Å². The lowest BCUT2D eigenvalue weighted by Gasteiger charge is -2.16. The van der Waals surface area contributed by atoms with E-state index in [4.69, 9.17) is 14.2 Å². The van der Waals surface area contributed by atoms with Crippen LogP contribution >= 0.6 is 15.9 Å². The van der Waals surface area contributed by atoms with Crippen LogP contribution in [0.25, 0.3) is 5.65 Å². The number of ether oxygens (including phenoxy) is 3. The zero-order valence-corrected chi connectivity index (χ0v) is 15.5. The molecule has 2 heterocycles. The summed E-state index contributed by atoms with van der Waals surface area (Å²) in [6, 6.07) is 7.20. The van der Waals surface area contributed by atoms with Crippen molar-refractivity contribution in [1.82, 2.24) is 9.38 Å². The van der Waals surface area contributed by atoms with Crippen molar-refractivity contribution in [3.63, 3.8) is 0 Å². The predicted molar refractivity (Wildman–Crippen MR) is 96.9 cm³/mol. The van der Waals surface area contributed by atoms with Crippen LogP contribution in [-0.4, -0.2) is 36.6 Å². The van der Waals surface area contributed by atoms with Gasteiger partial charge in [0.2, 0.25) is 5.75 Å². The van der Waals surface area contributed by atoms with Gasteiger partial charge in [-0.25, -0.2) is 4.98 Å². The first-order valence-corrected chi connectivity index (χ1v) is 8.12. The highest BCUT2D eigenvalue weighted by Crippen LogP contribution is 2.44. The quantitative estimate of drug-likeness (QED) is 0.704. The predicted octanol–water partition coefficient (Wildman–Crippen LogP) is 3.37. The van der Waals surface area contributed by atoms with E-state index in [0.29, 0.717) is 33.1 Å². The number of hydrogen-bond acceptors (Lipinski definition) is 5. The highest BCUT2D eigenvalue weighted by atomic mass is 79.9. The number of pyridine rings is 1. The van der Waals surface area contributed by atoms with Crippen LogP contribution < -0.4 is 19.5 Å². The number of hydrogen-bond donors (Lipinski definition) is 1. The van der Waals surface area contributed by atoms with Crippen LogP contribution in [0.3, 0.4) is 0 Å². The average Bonchev–Trinajstić information content (AvgIpc) is 3.03. The molecule has 3 aromatic rings. The Hall–Kier alpha value is -2.74. The van der Waals surface area contributed by atoms with Crippen LogP contribution in [-0.2, 0) is 0 Å². The van der Waals surface area contributed by atoms with Gasteiger partial charge in [0.05, 0.1) is 37.6 Å². The van der Waals surface area contributed by atoms with E-state index >= 15 is 0 Å². The maximum Gasteiger partial charge on any atom is 0.258 e. The third-order valence-electron chi connectivity index (χ3n) is 3.62. The minimum atomic E-state index is -0.352. The monoisotopic (exact) mass is 405 g/mol. The molecule has 3 rings (SSSR count). The first kappa shape index (κ1) is 17.1. The molecule has 0 saturated heterocycles. The Morgan fingerprint density at radius 1 is 1.16 bits per heavy atom. The van der Waals surface area contributed by atoms with E-state index in [0.717, 1.165) is 5.65 Å². The number of imidazole rings is 1. The summed E-state index contributed by atoms with van der Waals surface area (Å²) >= 11 is 3.40. The molecule has 1 amide bonds. The SMILES string of the molecule is COc1cc(C(=O)Nc2cn3ccccc3n2)c(Br)c(OC)c1OC. The largest absolute Gasteiger partial charge is 0.493 e. The van der Waals surface area contributed by atoms with Gasteiger partial charge >= 0.3 is 0 Å². The van der Waals surface area contributed by atoms with Crippen LogP contribution in [0, 0.1) is 0 Å². The van der Waals surface area contributed by atoms with Crippen molar-refractivity contribution in [2.45, 2.75) is 0 Å². The Morgan fingerprint density at radius 3 is 2.56 bits per heavy atom. The van der Waals surface area contributed by atoms with Gasteiger partial charge in [0.15, 0.2) is 17.3 Å². The molecule has 7 nitrogen and oxygen atoms in total. The molecule has 0 bridgehead atoms. The number of benzene rings is 1. The third kappa shape index (κ3) is 3.12. The molecule has 0 saturated carbocycles. The topological polar surface area (TPSA) is 74.1 Å². The number of anilines is 1. The highest BCUT2D eigenvalue weighted by molar-refractivity contribution is 9.10. The van der Waals surface area contributed by atoms with Crippen molar-refractivity contribution in [2.75, 3.05) is 26.6 Å². The zero-order chi connectivity index (χ0) is 18.0. The fourth-order valence-electron chi connectivity index (χ4n) is 2.46. The van der Waals surface area contributed by atoms with E-state index in [2.05, 4.69) is 26.2 Å². The standard InChI is InChI=1S/C17H16BrN3O4/c1-23-11-8-10(14(18)16(25-3)15(11)24-2)17(22)20-12-9-21-7-5-4-6-13(21)19-12/h4-9H,1-3H3,(H,20,22). The molecule has 0 atom stereocenters. The molecule has 8 heteroatoms. The molecular weight excluding hydrogens is 390 g/mol. The van der Waals surface area contributed by atoms with Crippen molar-refractivity contribution >= 4 is 33.3 Å². The van der Waals surface area contributed by atoms with E-state index in [1.165, 1.54) is 21.3 Å². The van der Waals surface area contributed by atoms with Gasteiger partial charge in [-0.2, -0.15) is 0 Å². The Balaban J connectivity index is 1.98. The molecule has 2 aromatic heterocycles. The average molecular weight is 406 g/mol. The summed E-state index contributed by atoms with van der Waals surface area (Å²) in [7, 11) is 4.49. The summed E-state index contributed by atoms with van der Waals surface area (Å²) in [4.78, 5) is 17.1.